The number of anilines is 5. The van der Waals surface area contributed by atoms with Crippen LogP contribution in [0, 0.1) is 12.8 Å². The molecule has 0 spiro atoms. The van der Waals surface area contributed by atoms with Gasteiger partial charge < -0.3 is 15.1 Å². The average Bonchev–Trinajstić information content (AvgIpc) is 3.72. The van der Waals surface area contributed by atoms with E-state index in [0.29, 0.717) is 17.1 Å². The number of hydrogen-bond donors (Lipinski definition) is 2. The van der Waals surface area contributed by atoms with Crippen LogP contribution in [0.4, 0.5) is 28.5 Å². The summed E-state index contributed by atoms with van der Waals surface area (Å²) in [6.45, 7) is 5.22. The van der Waals surface area contributed by atoms with E-state index in [-0.39, 0.29) is 11.8 Å². The van der Waals surface area contributed by atoms with E-state index in [2.05, 4.69) is 35.4 Å². The smallest absolute Gasteiger partial charge is 0.234 e. The largest absolute Gasteiger partial charge is 0.353 e. The summed E-state index contributed by atoms with van der Waals surface area (Å²) in [7, 11) is 0. The number of pyridine rings is 1. The van der Waals surface area contributed by atoms with Crippen molar-refractivity contribution in [3.63, 3.8) is 0 Å². The van der Waals surface area contributed by atoms with E-state index in [0.717, 1.165) is 65.4 Å². The molecule has 194 valence electrons. The average molecular weight is 546 g/mol. The molecule has 4 heterocycles. The molecule has 2 N–H and O–H groups in total. The van der Waals surface area contributed by atoms with Crippen molar-refractivity contribution in [1.29, 1.82) is 0 Å². The van der Waals surface area contributed by atoms with Gasteiger partial charge in [-0.1, -0.05) is 6.07 Å². The first-order valence-electron chi connectivity index (χ1n) is 12.5. The molecule has 1 aliphatic carbocycles. The highest BCUT2D eigenvalue weighted by molar-refractivity contribution is 7.99. The number of aryl methyl sites for hydroxylation is 1. The molecule has 38 heavy (non-hydrogen) atoms. The summed E-state index contributed by atoms with van der Waals surface area (Å²) in [5.74, 6) is 2.35. The van der Waals surface area contributed by atoms with Gasteiger partial charge in [0.2, 0.25) is 17.8 Å². The summed E-state index contributed by atoms with van der Waals surface area (Å²) in [6.07, 6.45) is 5.61. The minimum absolute atomic E-state index is 0.101. The van der Waals surface area contributed by atoms with E-state index >= 15 is 0 Å². The van der Waals surface area contributed by atoms with Gasteiger partial charge in [-0.3, -0.25) is 10.1 Å². The van der Waals surface area contributed by atoms with Crippen molar-refractivity contribution in [1.82, 2.24) is 24.9 Å². The molecule has 10 nitrogen and oxygen atoms in total. The van der Waals surface area contributed by atoms with Gasteiger partial charge in [0.05, 0.1) is 0 Å². The lowest BCUT2D eigenvalue weighted by molar-refractivity contribution is -0.117. The topological polar surface area (TPSA) is 112 Å². The van der Waals surface area contributed by atoms with Crippen LogP contribution < -0.4 is 20.4 Å². The number of nitrogens with one attached hydrogen (secondary N) is 2. The van der Waals surface area contributed by atoms with E-state index < -0.39 is 0 Å². The number of thiazole rings is 1. The molecule has 0 unspecified atom stereocenters. The van der Waals surface area contributed by atoms with Gasteiger partial charge in [0, 0.05) is 60.0 Å². The zero-order chi connectivity index (χ0) is 25.9. The summed E-state index contributed by atoms with van der Waals surface area (Å²) < 4.78 is 0. The van der Waals surface area contributed by atoms with Crippen molar-refractivity contribution in [2.75, 3.05) is 46.6 Å². The number of rotatable bonds is 8. The number of amides is 1. The molecule has 0 bridgehead atoms. The second kappa shape index (κ2) is 10.9. The number of aromatic nitrogens is 5. The summed E-state index contributed by atoms with van der Waals surface area (Å²) in [5.41, 5.74) is 0.801. The van der Waals surface area contributed by atoms with E-state index in [4.69, 9.17) is 9.97 Å². The maximum Gasteiger partial charge on any atom is 0.234 e. The monoisotopic (exact) mass is 545 g/mol. The Kier molecular flexibility index (Phi) is 7.06. The number of hydrogen-bond acceptors (Lipinski definition) is 11. The Hall–Kier alpha value is -3.77. The van der Waals surface area contributed by atoms with Crippen molar-refractivity contribution in [2.45, 2.75) is 29.8 Å². The van der Waals surface area contributed by atoms with Gasteiger partial charge in [-0.05, 0) is 67.9 Å². The van der Waals surface area contributed by atoms with Gasteiger partial charge >= 0.3 is 0 Å². The highest BCUT2D eigenvalue weighted by atomic mass is 32.2. The van der Waals surface area contributed by atoms with Crippen LogP contribution in [0.5, 0.6) is 0 Å². The van der Waals surface area contributed by atoms with E-state index in [9.17, 15) is 4.79 Å². The van der Waals surface area contributed by atoms with Gasteiger partial charge in [0.25, 0.3) is 0 Å². The number of nitrogens with zero attached hydrogens (tertiary/aromatic N) is 7. The van der Waals surface area contributed by atoms with E-state index in [1.807, 2.05) is 61.8 Å². The lowest BCUT2D eigenvalue weighted by Crippen LogP contribution is -2.47. The van der Waals surface area contributed by atoms with Gasteiger partial charge in [-0.25, -0.2) is 9.97 Å². The Morgan fingerprint density at radius 1 is 0.974 bits per heavy atom. The second-order valence-electron chi connectivity index (χ2n) is 9.19. The molecule has 1 aliphatic heterocycles. The van der Waals surface area contributed by atoms with Crippen molar-refractivity contribution < 1.29 is 4.79 Å². The van der Waals surface area contributed by atoms with Crippen molar-refractivity contribution in [3.05, 3.63) is 59.7 Å². The van der Waals surface area contributed by atoms with Crippen LogP contribution in [0.3, 0.4) is 0 Å². The molecular formula is C26H27N9OS2. The fourth-order valence-electron chi connectivity index (χ4n) is 4.07. The first-order chi connectivity index (χ1) is 18.6. The maximum atomic E-state index is 12.1. The third kappa shape index (κ3) is 6.03. The third-order valence-electron chi connectivity index (χ3n) is 6.26. The normalized spacial score (nSPS) is 15.4. The Morgan fingerprint density at radius 2 is 1.76 bits per heavy atom. The van der Waals surface area contributed by atoms with Gasteiger partial charge in [0.15, 0.2) is 10.3 Å². The van der Waals surface area contributed by atoms with Crippen LogP contribution in [-0.4, -0.2) is 57.0 Å². The summed E-state index contributed by atoms with van der Waals surface area (Å²) in [6, 6.07) is 13.8. The van der Waals surface area contributed by atoms with Crippen LogP contribution in [0.1, 0.15) is 17.7 Å². The Labute approximate surface area is 229 Å². The van der Waals surface area contributed by atoms with Gasteiger partial charge in [-0.15, -0.1) is 11.3 Å². The minimum Gasteiger partial charge on any atom is -0.353 e. The molecule has 1 amide bonds. The first-order valence-corrected chi connectivity index (χ1v) is 14.2. The van der Waals surface area contributed by atoms with Crippen LogP contribution >= 0.6 is 23.1 Å². The van der Waals surface area contributed by atoms with Gasteiger partial charge in [-0.2, -0.15) is 15.0 Å². The second-order valence-corrected chi connectivity index (χ2v) is 11.5. The SMILES string of the molecule is Cc1cnc(Nc2nc(Sc3ccc(NC(=O)C4CC4)cc3)nc(N3CCN(c4ccccn4)CC3)n2)s1. The molecule has 0 radical (unpaired) electrons. The van der Waals surface area contributed by atoms with Crippen LogP contribution in [0.15, 0.2) is 64.9 Å². The molecular weight excluding hydrogens is 518 g/mol. The first kappa shape index (κ1) is 24.6. The molecule has 2 fully saturated rings. The van der Waals surface area contributed by atoms with Crippen molar-refractivity contribution in [2.24, 2.45) is 5.92 Å². The molecule has 3 aromatic heterocycles. The summed E-state index contributed by atoms with van der Waals surface area (Å²) in [5, 5.41) is 7.56. The molecule has 4 aromatic rings. The predicted octanol–water partition coefficient (Wildman–Crippen LogP) is 4.60. The van der Waals surface area contributed by atoms with Gasteiger partial charge in [0.1, 0.15) is 5.82 Å². The highest BCUT2D eigenvalue weighted by Gasteiger charge is 2.29. The van der Waals surface area contributed by atoms with E-state index in [1.165, 1.54) is 11.8 Å². The molecule has 2 aliphatic rings. The van der Waals surface area contributed by atoms with Crippen molar-refractivity contribution >= 4 is 57.5 Å². The zero-order valence-corrected chi connectivity index (χ0v) is 22.5. The number of carbonyl (C=O) groups is 1. The lowest BCUT2D eigenvalue weighted by atomic mass is 10.3. The van der Waals surface area contributed by atoms with Crippen LogP contribution in [0.25, 0.3) is 0 Å². The van der Waals surface area contributed by atoms with Crippen molar-refractivity contribution in [3.8, 4) is 0 Å². The van der Waals surface area contributed by atoms with Crippen LogP contribution in [-0.2, 0) is 4.79 Å². The molecule has 1 saturated heterocycles. The fourth-order valence-corrected chi connectivity index (χ4v) is 5.48. The maximum absolute atomic E-state index is 12.1. The highest BCUT2D eigenvalue weighted by Crippen LogP contribution is 2.32. The minimum atomic E-state index is 0.101. The zero-order valence-electron chi connectivity index (χ0n) is 20.9. The standard InChI is InChI=1S/C26H27N9OS2/c1-17-16-28-25(37-17)31-23-30-24(35-14-12-34(13-15-35)21-4-2-3-11-27-21)33-26(32-23)38-20-9-7-19(8-10-20)29-22(36)18-5-6-18/h2-4,7-11,16,18H,5-6,12-15H2,1H3,(H,29,36)(H,28,30,31,32,33). The number of piperazine rings is 1. The third-order valence-corrected chi connectivity index (χ3v) is 7.96. The summed E-state index contributed by atoms with van der Waals surface area (Å²) >= 11 is 3.01. The summed E-state index contributed by atoms with van der Waals surface area (Å²) in [4.78, 5) is 41.7. The van der Waals surface area contributed by atoms with E-state index in [1.54, 1.807) is 11.3 Å². The Balaban J connectivity index is 1.19. The Morgan fingerprint density at radius 3 is 2.45 bits per heavy atom. The lowest BCUT2D eigenvalue weighted by Gasteiger charge is -2.35. The fraction of sp³-hybridized carbons (Fsp3) is 0.308. The Bertz CT molecular complexity index is 1400. The molecule has 1 saturated carbocycles. The number of benzene rings is 1. The molecule has 1 aromatic carbocycles. The molecule has 0 atom stereocenters. The molecule has 6 rings (SSSR count). The molecule has 12 heteroatoms. The van der Waals surface area contributed by atoms with Crippen LogP contribution in [0.2, 0.25) is 0 Å². The predicted molar refractivity (Wildman–Crippen MR) is 151 cm³/mol. The quantitative estimate of drug-likeness (QED) is 0.326. The number of carbonyl (C=O) groups excluding carboxylic acids is 1.